The van der Waals surface area contributed by atoms with E-state index in [1.807, 2.05) is 26.1 Å². The van der Waals surface area contributed by atoms with Crippen molar-refractivity contribution >= 4 is 11.6 Å². The summed E-state index contributed by atoms with van der Waals surface area (Å²) in [7, 11) is 0. The predicted molar refractivity (Wildman–Crippen MR) is 80.5 cm³/mol. The van der Waals surface area contributed by atoms with Crippen LogP contribution >= 0.6 is 11.6 Å². The Labute approximate surface area is 124 Å². The van der Waals surface area contributed by atoms with Crippen LogP contribution in [0.25, 0.3) is 0 Å². The van der Waals surface area contributed by atoms with Crippen LogP contribution in [-0.4, -0.2) is 11.5 Å². The van der Waals surface area contributed by atoms with E-state index in [9.17, 15) is 4.39 Å². The van der Waals surface area contributed by atoms with Gasteiger partial charge in [0, 0.05) is 29.0 Å². The molecular weight excluding hydrogens is 275 g/mol. The Morgan fingerprint density at radius 3 is 2.80 bits per heavy atom. The largest absolute Gasteiger partial charge is 0.310 e. The minimum absolute atomic E-state index is 0.00287. The normalized spacial score (nSPS) is 12.4. The minimum atomic E-state index is -0.262. The fourth-order valence-electron chi connectivity index (χ4n) is 2.31. The van der Waals surface area contributed by atoms with Crippen LogP contribution in [0.3, 0.4) is 0 Å². The van der Waals surface area contributed by atoms with Crippen molar-refractivity contribution in [2.75, 3.05) is 6.54 Å². The summed E-state index contributed by atoms with van der Waals surface area (Å²) in [5.74, 6) is -0.262. The van der Waals surface area contributed by atoms with Crippen LogP contribution in [-0.2, 0) is 6.42 Å². The van der Waals surface area contributed by atoms with E-state index in [4.69, 9.17) is 11.6 Å². The van der Waals surface area contributed by atoms with Gasteiger partial charge >= 0.3 is 0 Å². The summed E-state index contributed by atoms with van der Waals surface area (Å²) in [6, 6.07) is 6.75. The zero-order valence-corrected chi connectivity index (χ0v) is 12.4. The lowest BCUT2D eigenvalue weighted by molar-refractivity contribution is 0.525. The molecule has 0 bridgehead atoms. The third kappa shape index (κ3) is 3.35. The summed E-state index contributed by atoms with van der Waals surface area (Å²) in [6.07, 6.45) is 4.10. The number of hydrogen-bond acceptors (Lipinski definition) is 2. The van der Waals surface area contributed by atoms with Crippen molar-refractivity contribution in [2.24, 2.45) is 0 Å². The van der Waals surface area contributed by atoms with Gasteiger partial charge in [0.15, 0.2) is 0 Å². The van der Waals surface area contributed by atoms with Crippen molar-refractivity contribution in [1.29, 1.82) is 0 Å². The van der Waals surface area contributed by atoms with Gasteiger partial charge in [-0.05, 0) is 49.2 Å². The number of benzene rings is 1. The molecule has 0 radical (unpaired) electrons. The number of likely N-dealkylation sites (N-methyl/N-ethyl adjacent to an activating group) is 1. The van der Waals surface area contributed by atoms with Gasteiger partial charge in [-0.1, -0.05) is 24.6 Å². The first-order valence-electron chi connectivity index (χ1n) is 6.70. The summed E-state index contributed by atoms with van der Waals surface area (Å²) >= 11 is 6.12. The van der Waals surface area contributed by atoms with Crippen LogP contribution in [0.4, 0.5) is 4.39 Å². The van der Waals surface area contributed by atoms with Crippen molar-refractivity contribution in [2.45, 2.75) is 26.3 Å². The van der Waals surface area contributed by atoms with E-state index < -0.39 is 0 Å². The highest BCUT2D eigenvalue weighted by atomic mass is 35.5. The zero-order chi connectivity index (χ0) is 14.5. The van der Waals surface area contributed by atoms with Gasteiger partial charge in [0.2, 0.25) is 0 Å². The number of aryl methyl sites for hydroxylation is 1. The molecule has 1 aromatic heterocycles. The molecule has 0 amide bonds. The number of nitrogens with one attached hydrogen (secondary N) is 1. The number of nitrogens with zero attached hydrogens (tertiary/aromatic N) is 1. The van der Waals surface area contributed by atoms with Crippen molar-refractivity contribution in [1.82, 2.24) is 10.3 Å². The topological polar surface area (TPSA) is 24.9 Å². The summed E-state index contributed by atoms with van der Waals surface area (Å²) in [6.45, 7) is 4.86. The monoisotopic (exact) mass is 292 g/mol. The average molecular weight is 293 g/mol. The molecule has 1 heterocycles. The molecule has 1 aromatic carbocycles. The van der Waals surface area contributed by atoms with Gasteiger partial charge in [0.05, 0.1) is 0 Å². The van der Waals surface area contributed by atoms with Crippen molar-refractivity contribution in [3.05, 3.63) is 64.2 Å². The van der Waals surface area contributed by atoms with Crippen LogP contribution in [0.5, 0.6) is 0 Å². The smallest absolute Gasteiger partial charge is 0.127 e. The second-order valence-corrected chi connectivity index (χ2v) is 5.15. The quantitative estimate of drug-likeness (QED) is 0.898. The molecule has 0 aliphatic heterocycles. The molecule has 0 aliphatic carbocycles. The lowest BCUT2D eigenvalue weighted by atomic mass is 9.96. The molecule has 4 heteroatoms. The molecule has 2 nitrogen and oxygen atoms in total. The summed E-state index contributed by atoms with van der Waals surface area (Å²) in [4.78, 5) is 4.17. The third-order valence-corrected chi connectivity index (χ3v) is 3.73. The van der Waals surface area contributed by atoms with Crippen LogP contribution < -0.4 is 5.32 Å². The van der Waals surface area contributed by atoms with Crippen molar-refractivity contribution in [3.8, 4) is 0 Å². The fourth-order valence-corrected chi connectivity index (χ4v) is 2.55. The first-order chi connectivity index (χ1) is 9.63. The molecule has 0 aliphatic rings. The fraction of sp³-hybridized carbons (Fsp3) is 0.312. The Hall–Kier alpha value is -1.45. The Balaban J connectivity index is 2.33. The van der Waals surface area contributed by atoms with Gasteiger partial charge < -0.3 is 5.32 Å². The van der Waals surface area contributed by atoms with E-state index in [-0.39, 0.29) is 11.9 Å². The Bertz CT molecular complexity index is 566. The van der Waals surface area contributed by atoms with Crippen molar-refractivity contribution in [3.63, 3.8) is 0 Å². The lowest BCUT2D eigenvalue weighted by Crippen LogP contribution is -2.24. The average Bonchev–Trinajstić information content (AvgIpc) is 2.43. The van der Waals surface area contributed by atoms with Gasteiger partial charge in [-0.3, -0.25) is 4.98 Å². The van der Waals surface area contributed by atoms with Gasteiger partial charge in [0.25, 0.3) is 0 Å². The number of hydrogen-bond donors (Lipinski definition) is 1. The predicted octanol–water partition coefficient (Wildman–Crippen LogP) is 4.08. The first-order valence-corrected chi connectivity index (χ1v) is 7.08. The molecule has 106 valence electrons. The highest BCUT2D eigenvalue weighted by Gasteiger charge is 2.17. The number of aromatic nitrogens is 1. The highest BCUT2D eigenvalue weighted by Crippen LogP contribution is 2.26. The highest BCUT2D eigenvalue weighted by molar-refractivity contribution is 6.31. The van der Waals surface area contributed by atoms with Gasteiger partial charge in [0.1, 0.15) is 5.82 Å². The Kier molecular flexibility index (Phi) is 5.10. The molecule has 0 spiro atoms. The molecule has 2 rings (SSSR count). The van der Waals surface area contributed by atoms with Crippen LogP contribution in [0.15, 0.2) is 36.7 Å². The molecule has 1 unspecified atom stereocenters. The van der Waals surface area contributed by atoms with E-state index >= 15 is 0 Å². The van der Waals surface area contributed by atoms with Crippen LogP contribution in [0.1, 0.15) is 29.7 Å². The minimum Gasteiger partial charge on any atom is -0.310 e. The number of pyridine rings is 1. The van der Waals surface area contributed by atoms with E-state index in [1.165, 1.54) is 6.07 Å². The van der Waals surface area contributed by atoms with Gasteiger partial charge in [-0.25, -0.2) is 4.39 Å². The molecule has 0 saturated heterocycles. The molecule has 1 atom stereocenters. The second-order valence-electron chi connectivity index (χ2n) is 4.75. The molecule has 0 fully saturated rings. The number of halogens is 2. The van der Waals surface area contributed by atoms with Crippen molar-refractivity contribution < 1.29 is 4.39 Å². The SMILES string of the molecule is CCNC(Cc1c(F)cccc1Cl)c1cnccc1C. The van der Waals surface area contributed by atoms with Gasteiger partial charge in [-0.2, -0.15) is 0 Å². The second kappa shape index (κ2) is 6.82. The molecule has 20 heavy (non-hydrogen) atoms. The zero-order valence-electron chi connectivity index (χ0n) is 11.7. The summed E-state index contributed by atoms with van der Waals surface area (Å²) < 4.78 is 13.9. The first kappa shape index (κ1) is 14.9. The molecular formula is C16H18ClFN2. The maximum absolute atomic E-state index is 13.9. The maximum Gasteiger partial charge on any atom is 0.127 e. The molecule has 0 saturated carbocycles. The van der Waals surface area contributed by atoms with Gasteiger partial charge in [-0.15, -0.1) is 0 Å². The van der Waals surface area contributed by atoms with E-state index in [0.717, 1.165) is 17.7 Å². The van der Waals surface area contributed by atoms with E-state index in [1.54, 1.807) is 18.3 Å². The number of rotatable bonds is 5. The summed E-state index contributed by atoms with van der Waals surface area (Å²) in [5.41, 5.74) is 2.76. The molecule has 1 N–H and O–H groups in total. The lowest BCUT2D eigenvalue weighted by Gasteiger charge is -2.21. The van der Waals surface area contributed by atoms with E-state index in [0.29, 0.717) is 17.0 Å². The molecule has 2 aromatic rings. The maximum atomic E-state index is 13.9. The van der Waals surface area contributed by atoms with Crippen LogP contribution in [0.2, 0.25) is 5.02 Å². The standard InChI is InChI=1S/C16H18ClFN2/c1-3-20-16(13-10-19-8-7-11(13)2)9-12-14(17)5-4-6-15(12)18/h4-8,10,16,20H,3,9H2,1-2H3. The summed E-state index contributed by atoms with van der Waals surface area (Å²) in [5, 5.41) is 3.84. The Morgan fingerprint density at radius 1 is 1.35 bits per heavy atom. The Morgan fingerprint density at radius 2 is 2.15 bits per heavy atom. The third-order valence-electron chi connectivity index (χ3n) is 3.38. The van der Waals surface area contributed by atoms with E-state index in [2.05, 4.69) is 10.3 Å². The van der Waals surface area contributed by atoms with Crippen LogP contribution in [0, 0.1) is 12.7 Å².